The lowest BCUT2D eigenvalue weighted by Gasteiger charge is -2.29. The summed E-state index contributed by atoms with van der Waals surface area (Å²) in [5.41, 5.74) is 2.73. The molecule has 0 spiro atoms. The Morgan fingerprint density at radius 1 is 1.11 bits per heavy atom. The first-order valence-electron chi connectivity index (χ1n) is 8.84. The van der Waals surface area contributed by atoms with E-state index in [1.54, 1.807) is 24.4 Å². The summed E-state index contributed by atoms with van der Waals surface area (Å²) in [7, 11) is 0. The van der Waals surface area contributed by atoms with E-state index in [0.29, 0.717) is 24.5 Å². The molecular formula is C20H17FN4O2. The van der Waals surface area contributed by atoms with Gasteiger partial charge in [0.05, 0.1) is 18.8 Å². The number of aromatic amines is 1. The number of halogens is 1. The zero-order valence-electron chi connectivity index (χ0n) is 14.5. The number of nitrogens with one attached hydrogen (secondary N) is 1. The summed E-state index contributed by atoms with van der Waals surface area (Å²) < 4.78 is 20.7. The zero-order valence-corrected chi connectivity index (χ0v) is 14.5. The summed E-state index contributed by atoms with van der Waals surface area (Å²) in [4.78, 5) is 18.2. The third-order valence-electron chi connectivity index (χ3n) is 4.97. The van der Waals surface area contributed by atoms with Gasteiger partial charge in [0.15, 0.2) is 0 Å². The van der Waals surface area contributed by atoms with E-state index in [1.165, 1.54) is 6.07 Å². The number of fused-ring (bicyclic) bond motifs is 3. The van der Waals surface area contributed by atoms with Crippen molar-refractivity contribution < 1.29 is 9.13 Å². The minimum atomic E-state index is -0.482. The van der Waals surface area contributed by atoms with Crippen LogP contribution in [-0.2, 0) is 4.74 Å². The second-order valence-electron chi connectivity index (χ2n) is 6.55. The molecule has 0 aromatic heterocycles. The largest absolute Gasteiger partial charge is 0.378 e. The monoisotopic (exact) mass is 364 g/mol. The number of rotatable bonds is 2. The Balaban J connectivity index is 1.71. The van der Waals surface area contributed by atoms with Crippen molar-refractivity contribution in [3.63, 3.8) is 0 Å². The number of aromatic nitrogens is 3. The molecule has 0 radical (unpaired) electrons. The number of hydrogen-bond acceptors (Lipinski definition) is 4. The Bertz CT molecular complexity index is 1160. The second kappa shape index (κ2) is 6.21. The van der Waals surface area contributed by atoms with Crippen molar-refractivity contribution in [2.45, 2.75) is 0 Å². The number of morpholine rings is 1. The third-order valence-corrected chi connectivity index (χ3v) is 4.97. The molecule has 3 heterocycles. The van der Waals surface area contributed by atoms with Crippen LogP contribution in [0.25, 0.3) is 27.8 Å². The minimum absolute atomic E-state index is 0.149. The number of hydrogen-bond donors (Lipinski definition) is 1. The Labute approximate surface area is 154 Å². The van der Waals surface area contributed by atoms with Crippen molar-refractivity contribution in [2.75, 3.05) is 31.2 Å². The van der Waals surface area contributed by atoms with Gasteiger partial charge in [0, 0.05) is 35.9 Å². The molecule has 0 atom stereocenters. The van der Waals surface area contributed by atoms with E-state index in [0.717, 1.165) is 34.4 Å². The number of nitrogens with zero attached hydrogens (tertiary/aromatic N) is 3. The average molecular weight is 364 g/mol. The van der Waals surface area contributed by atoms with Crippen LogP contribution in [0.15, 0.2) is 53.5 Å². The van der Waals surface area contributed by atoms with Crippen molar-refractivity contribution in [2.24, 2.45) is 0 Å². The van der Waals surface area contributed by atoms with Gasteiger partial charge in [-0.3, -0.25) is 4.79 Å². The van der Waals surface area contributed by atoms with Crippen LogP contribution >= 0.6 is 0 Å². The van der Waals surface area contributed by atoms with Gasteiger partial charge in [-0.2, -0.15) is 9.78 Å². The summed E-state index contributed by atoms with van der Waals surface area (Å²) in [6.45, 7) is 3.03. The first-order chi connectivity index (χ1) is 13.2. The molecule has 5 rings (SSSR count). The predicted octanol–water partition coefficient (Wildman–Crippen LogP) is 2.79. The van der Waals surface area contributed by atoms with E-state index < -0.39 is 5.82 Å². The molecule has 0 amide bonds. The fraction of sp³-hybridized carbons (Fsp3) is 0.200. The fourth-order valence-corrected chi connectivity index (χ4v) is 3.55. The van der Waals surface area contributed by atoms with E-state index in [4.69, 9.17) is 4.74 Å². The van der Waals surface area contributed by atoms with Crippen LogP contribution < -0.4 is 10.5 Å². The average Bonchev–Trinajstić information content (AvgIpc) is 3.05. The van der Waals surface area contributed by atoms with E-state index in [2.05, 4.69) is 15.0 Å². The van der Waals surface area contributed by atoms with Crippen molar-refractivity contribution >= 4 is 16.6 Å². The maximum atomic E-state index is 14.2. The van der Waals surface area contributed by atoms with Gasteiger partial charge >= 0.3 is 0 Å². The molecule has 0 bridgehead atoms. The minimum Gasteiger partial charge on any atom is -0.378 e. The van der Waals surface area contributed by atoms with Crippen molar-refractivity contribution in [1.29, 1.82) is 0 Å². The first-order valence-corrected chi connectivity index (χ1v) is 8.84. The molecule has 2 aromatic carbocycles. The maximum absolute atomic E-state index is 14.2. The molecule has 1 fully saturated rings. The lowest BCUT2D eigenvalue weighted by Crippen LogP contribution is -2.36. The van der Waals surface area contributed by atoms with Crippen LogP contribution in [0.2, 0.25) is 0 Å². The van der Waals surface area contributed by atoms with Gasteiger partial charge in [-0.1, -0.05) is 12.1 Å². The van der Waals surface area contributed by atoms with Crippen LogP contribution in [0.4, 0.5) is 10.1 Å². The lowest BCUT2D eigenvalue weighted by molar-refractivity contribution is 0.122. The van der Waals surface area contributed by atoms with E-state index >= 15 is 0 Å². The first kappa shape index (κ1) is 16.0. The quantitative estimate of drug-likeness (QED) is 0.594. The summed E-state index contributed by atoms with van der Waals surface area (Å²) >= 11 is 0. The van der Waals surface area contributed by atoms with Gasteiger partial charge in [0.25, 0.3) is 5.56 Å². The molecule has 136 valence electrons. The van der Waals surface area contributed by atoms with E-state index in [9.17, 15) is 9.18 Å². The summed E-state index contributed by atoms with van der Waals surface area (Å²) in [5.74, 6) is -0.482. The molecule has 0 aliphatic carbocycles. The summed E-state index contributed by atoms with van der Waals surface area (Å²) in [5, 5.41) is 5.30. The van der Waals surface area contributed by atoms with E-state index in [-0.39, 0.29) is 11.2 Å². The third kappa shape index (κ3) is 2.59. The fourth-order valence-electron chi connectivity index (χ4n) is 3.55. The molecule has 1 saturated heterocycles. The van der Waals surface area contributed by atoms with Crippen molar-refractivity contribution in [3.8, 4) is 16.9 Å². The predicted molar refractivity (Wildman–Crippen MR) is 101 cm³/mol. The standard InChI is InChI=1S/C20H17FN4O2/c21-16-3-1-2-4-18(16)25-20(26)15-12-22-17-6-5-13(11-14(17)19(15)23-25)24-7-9-27-10-8-24/h1-6,11-12,22H,7-10H2. The van der Waals surface area contributed by atoms with Crippen molar-refractivity contribution in [1.82, 2.24) is 14.8 Å². The molecular weight excluding hydrogens is 347 g/mol. The number of anilines is 1. The molecule has 7 heteroatoms. The molecule has 3 aliphatic heterocycles. The van der Waals surface area contributed by atoms with Gasteiger partial charge < -0.3 is 14.6 Å². The van der Waals surface area contributed by atoms with Crippen LogP contribution in [-0.4, -0.2) is 41.1 Å². The Hall–Kier alpha value is -3.19. The molecule has 6 nitrogen and oxygen atoms in total. The molecule has 2 aromatic rings. The molecule has 0 saturated carbocycles. The van der Waals surface area contributed by atoms with Crippen LogP contribution in [0.3, 0.4) is 0 Å². The highest BCUT2D eigenvalue weighted by molar-refractivity contribution is 5.95. The zero-order chi connectivity index (χ0) is 18.4. The van der Waals surface area contributed by atoms with Gasteiger partial charge in [-0.25, -0.2) is 4.39 Å². The smallest absolute Gasteiger partial charge is 0.282 e. The van der Waals surface area contributed by atoms with Gasteiger partial charge in [0.2, 0.25) is 0 Å². The Morgan fingerprint density at radius 2 is 1.93 bits per heavy atom. The second-order valence-corrected chi connectivity index (χ2v) is 6.55. The van der Waals surface area contributed by atoms with E-state index in [1.807, 2.05) is 18.2 Å². The van der Waals surface area contributed by atoms with Gasteiger partial charge in [-0.15, -0.1) is 0 Å². The topological polar surface area (TPSA) is 63.1 Å². The molecule has 27 heavy (non-hydrogen) atoms. The van der Waals surface area contributed by atoms with Crippen LogP contribution in [0, 0.1) is 5.82 Å². The van der Waals surface area contributed by atoms with Crippen LogP contribution in [0.1, 0.15) is 0 Å². The molecule has 3 aliphatic rings. The van der Waals surface area contributed by atoms with Gasteiger partial charge in [0.1, 0.15) is 17.2 Å². The Kier molecular flexibility index (Phi) is 3.68. The highest BCUT2D eigenvalue weighted by Gasteiger charge is 2.21. The number of benzene rings is 2. The maximum Gasteiger partial charge on any atom is 0.282 e. The molecule has 0 unspecified atom stereocenters. The summed E-state index contributed by atoms with van der Waals surface area (Å²) in [6.07, 6.45) is 1.64. The molecule has 1 N–H and O–H groups in total. The number of H-pyrrole nitrogens is 1. The van der Waals surface area contributed by atoms with Crippen LogP contribution in [0.5, 0.6) is 0 Å². The Morgan fingerprint density at radius 3 is 2.74 bits per heavy atom. The lowest BCUT2D eigenvalue weighted by atomic mass is 10.1. The SMILES string of the molecule is O=c1c2c[nH]c3ccc(N4CCOCC4)cc3c-2nn1-c1ccccc1F. The highest BCUT2D eigenvalue weighted by atomic mass is 19.1. The number of para-hydroxylation sites is 1. The number of ether oxygens (including phenoxy) is 1. The van der Waals surface area contributed by atoms with Crippen molar-refractivity contribution in [3.05, 3.63) is 64.8 Å². The normalized spacial score (nSPS) is 14.9. The highest BCUT2D eigenvalue weighted by Crippen LogP contribution is 2.30. The summed E-state index contributed by atoms with van der Waals surface area (Å²) in [6, 6.07) is 12.2. The number of pyridine rings is 1. The van der Waals surface area contributed by atoms with Gasteiger partial charge in [-0.05, 0) is 30.3 Å².